The van der Waals surface area contributed by atoms with Gasteiger partial charge in [-0.15, -0.1) is 0 Å². The van der Waals surface area contributed by atoms with Gasteiger partial charge in [-0.05, 0) is 29.9 Å². The van der Waals surface area contributed by atoms with Gasteiger partial charge in [0, 0.05) is 29.3 Å². The molecule has 0 unspecified atom stereocenters. The summed E-state index contributed by atoms with van der Waals surface area (Å²) in [5.41, 5.74) is -3.38. The first-order valence-electron chi connectivity index (χ1n) is 12.0. The molecule has 1 N–H and O–H groups in total. The Morgan fingerprint density at radius 3 is 2.13 bits per heavy atom. The molecule has 12 heteroatoms. The second-order valence-corrected chi connectivity index (χ2v) is 12.8. The van der Waals surface area contributed by atoms with E-state index in [1.54, 1.807) is 25.5 Å². The van der Waals surface area contributed by atoms with Crippen molar-refractivity contribution in [3.05, 3.63) is 59.5 Å². The van der Waals surface area contributed by atoms with E-state index in [0.29, 0.717) is 6.42 Å². The van der Waals surface area contributed by atoms with Crippen LogP contribution in [0.3, 0.4) is 0 Å². The molecular weight excluding hydrogens is 537 g/mol. The molecule has 1 atom stereocenters. The minimum atomic E-state index is -5.06. The molecule has 1 aliphatic rings. The van der Waals surface area contributed by atoms with E-state index in [0.717, 1.165) is 36.5 Å². The lowest BCUT2D eigenvalue weighted by Crippen LogP contribution is -2.44. The summed E-state index contributed by atoms with van der Waals surface area (Å²) in [6.45, 7) is 5.31. The molecule has 0 spiro atoms. The van der Waals surface area contributed by atoms with Crippen LogP contribution in [0.15, 0.2) is 42.6 Å². The molecule has 208 valence electrons. The number of sulfonamides is 1. The van der Waals surface area contributed by atoms with Crippen molar-refractivity contribution in [1.82, 2.24) is 9.29 Å². The van der Waals surface area contributed by atoms with Crippen molar-refractivity contribution in [2.45, 2.75) is 70.2 Å². The summed E-state index contributed by atoms with van der Waals surface area (Å²) in [4.78, 5) is 0. The topological polar surface area (TPSA) is 51.1 Å². The van der Waals surface area contributed by atoms with Crippen molar-refractivity contribution in [3.8, 4) is 11.1 Å². The van der Waals surface area contributed by atoms with Gasteiger partial charge in [-0.1, -0.05) is 57.5 Å². The number of rotatable bonds is 6. The number of fused-ring (bicyclic) bond motifs is 1. The largest absolute Gasteiger partial charge is 0.417 e. The average Bonchev–Trinajstić information content (AvgIpc) is 3.06. The van der Waals surface area contributed by atoms with Gasteiger partial charge in [0.25, 0.3) is 0 Å². The highest BCUT2D eigenvalue weighted by Gasteiger charge is 2.47. The molecule has 4 nitrogen and oxygen atoms in total. The average molecular weight is 565 g/mol. The maximum absolute atomic E-state index is 16.1. The van der Waals surface area contributed by atoms with E-state index in [9.17, 15) is 34.8 Å². The van der Waals surface area contributed by atoms with E-state index in [1.807, 2.05) is 0 Å². The molecule has 4 rings (SSSR count). The Bertz CT molecular complexity index is 1450. The van der Waals surface area contributed by atoms with Crippen LogP contribution >= 0.6 is 0 Å². The number of benzene rings is 2. The molecule has 3 aromatic rings. The molecule has 38 heavy (non-hydrogen) atoms. The van der Waals surface area contributed by atoms with Gasteiger partial charge in [-0.2, -0.15) is 31.1 Å². The van der Waals surface area contributed by atoms with Gasteiger partial charge in [0.2, 0.25) is 10.0 Å². The van der Waals surface area contributed by atoms with Crippen LogP contribution in [-0.2, 0) is 22.7 Å². The minimum Gasteiger partial charge on any atom is -0.344 e. The number of nitrogens with one attached hydrogen (secondary N) is 1. The third-order valence-electron chi connectivity index (χ3n) is 6.59. The third-order valence-corrected chi connectivity index (χ3v) is 8.50. The summed E-state index contributed by atoms with van der Waals surface area (Å²) in [6, 6.07) is 3.81. The van der Waals surface area contributed by atoms with Gasteiger partial charge in [0.1, 0.15) is 6.04 Å². The summed E-state index contributed by atoms with van der Waals surface area (Å²) in [5, 5.41) is -1.18. The minimum absolute atomic E-state index is 0.0186. The molecule has 0 radical (unpaired) electrons. The zero-order chi connectivity index (χ0) is 28.3. The zero-order valence-corrected chi connectivity index (χ0v) is 21.7. The van der Waals surface area contributed by atoms with E-state index >= 15 is 4.39 Å². The predicted molar refractivity (Wildman–Crippen MR) is 130 cm³/mol. The van der Waals surface area contributed by atoms with Crippen molar-refractivity contribution >= 4 is 20.9 Å². The van der Waals surface area contributed by atoms with Crippen molar-refractivity contribution in [1.29, 1.82) is 0 Å². The quantitative estimate of drug-likeness (QED) is 0.314. The molecule has 1 aromatic heterocycles. The Morgan fingerprint density at radius 1 is 0.974 bits per heavy atom. The summed E-state index contributed by atoms with van der Waals surface area (Å²) in [5.74, 6) is -1.13. The summed E-state index contributed by atoms with van der Waals surface area (Å²) in [6.07, 6.45) is -7.75. The third kappa shape index (κ3) is 5.56. The van der Waals surface area contributed by atoms with Crippen LogP contribution < -0.4 is 4.72 Å². The van der Waals surface area contributed by atoms with Crippen molar-refractivity contribution in [3.63, 3.8) is 0 Å². The summed E-state index contributed by atoms with van der Waals surface area (Å²) < 4.78 is 128. The van der Waals surface area contributed by atoms with Crippen molar-refractivity contribution in [2.75, 3.05) is 0 Å². The predicted octanol–water partition coefficient (Wildman–Crippen LogP) is 7.59. The second-order valence-electron chi connectivity index (χ2n) is 10.8. The lowest BCUT2D eigenvalue weighted by molar-refractivity contribution is -0.152. The standard InChI is InChI=1S/C26H27F7N2O2S/c1-24(2,3)14-35-13-19(23(26(31,32)33)34-38(36,37)15-7-6-8-15)18-12-11-17(21(27)22(18)35)16-9-4-5-10-20(16)25(28,29)30/h4-5,9-13,15,23,34H,6-8,14H2,1-3H3/t23-/m0/s1. The van der Waals surface area contributed by atoms with Crippen molar-refractivity contribution in [2.24, 2.45) is 5.41 Å². The zero-order valence-electron chi connectivity index (χ0n) is 20.8. The van der Waals surface area contributed by atoms with Crippen LogP contribution in [0.4, 0.5) is 30.7 Å². The van der Waals surface area contributed by atoms with Gasteiger partial charge in [-0.3, -0.25) is 0 Å². The molecule has 1 heterocycles. The Morgan fingerprint density at radius 2 is 1.61 bits per heavy atom. The van der Waals surface area contributed by atoms with Crippen LogP contribution in [0.5, 0.6) is 0 Å². The van der Waals surface area contributed by atoms with Gasteiger partial charge in [-0.25, -0.2) is 12.8 Å². The lowest BCUT2D eigenvalue weighted by Gasteiger charge is -2.29. The van der Waals surface area contributed by atoms with E-state index < -0.39 is 67.2 Å². The van der Waals surface area contributed by atoms with Gasteiger partial charge in [0.15, 0.2) is 5.82 Å². The molecule has 0 amide bonds. The Hall–Kier alpha value is -2.60. The van der Waals surface area contributed by atoms with Crippen molar-refractivity contribution < 1.29 is 39.2 Å². The molecule has 1 aliphatic carbocycles. The highest BCUT2D eigenvalue weighted by Crippen LogP contribution is 2.43. The van der Waals surface area contributed by atoms with Crippen LogP contribution in [0.25, 0.3) is 22.0 Å². The fourth-order valence-corrected chi connectivity index (χ4v) is 6.40. The number of hydrogen-bond acceptors (Lipinski definition) is 2. The summed E-state index contributed by atoms with van der Waals surface area (Å²) >= 11 is 0. The Labute approximate surface area is 215 Å². The van der Waals surface area contributed by atoms with E-state index in [2.05, 4.69) is 0 Å². The smallest absolute Gasteiger partial charge is 0.344 e. The molecular formula is C26H27F7N2O2S. The Kier molecular flexibility index (Phi) is 7.14. The SMILES string of the molecule is CC(C)(C)Cn1cc([C@H](NS(=O)(=O)C2CCC2)C(F)(F)F)c2ccc(-c3ccccc3C(F)(F)F)c(F)c21. The first kappa shape index (κ1) is 28.4. The van der Waals surface area contributed by atoms with E-state index in [-0.39, 0.29) is 30.3 Å². The Balaban J connectivity index is 1.96. The summed E-state index contributed by atoms with van der Waals surface area (Å²) in [7, 11) is -4.33. The molecule has 0 aliphatic heterocycles. The lowest BCUT2D eigenvalue weighted by atomic mass is 9.95. The molecule has 2 aromatic carbocycles. The monoisotopic (exact) mass is 564 g/mol. The number of alkyl halides is 6. The van der Waals surface area contributed by atoms with E-state index in [4.69, 9.17) is 0 Å². The molecule has 0 bridgehead atoms. The fraction of sp³-hybridized carbons (Fsp3) is 0.462. The fourth-order valence-electron chi connectivity index (χ4n) is 4.67. The number of aromatic nitrogens is 1. The van der Waals surface area contributed by atoms with Gasteiger partial charge >= 0.3 is 12.4 Å². The maximum atomic E-state index is 16.1. The van der Waals surface area contributed by atoms with Crippen LogP contribution in [0.1, 0.15) is 57.2 Å². The second kappa shape index (κ2) is 9.55. The first-order valence-corrected chi connectivity index (χ1v) is 13.5. The van der Waals surface area contributed by atoms with Crippen LogP contribution in [0, 0.1) is 11.2 Å². The number of nitrogens with zero attached hydrogens (tertiary/aromatic N) is 1. The first-order chi connectivity index (χ1) is 17.4. The van der Waals surface area contributed by atoms with Gasteiger partial charge < -0.3 is 4.57 Å². The molecule has 1 saturated carbocycles. The maximum Gasteiger partial charge on any atom is 0.417 e. The van der Waals surface area contributed by atoms with Crippen LogP contribution in [0.2, 0.25) is 0 Å². The molecule has 0 saturated heterocycles. The normalized spacial score (nSPS) is 16.6. The van der Waals surface area contributed by atoms with E-state index in [1.165, 1.54) is 10.6 Å². The highest BCUT2D eigenvalue weighted by molar-refractivity contribution is 7.90. The van der Waals surface area contributed by atoms with Crippen LogP contribution in [-0.4, -0.2) is 24.4 Å². The van der Waals surface area contributed by atoms with Gasteiger partial charge in [0.05, 0.1) is 16.3 Å². The molecule has 1 fully saturated rings. The number of halogens is 7. The highest BCUT2D eigenvalue weighted by atomic mass is 32.2. The number of hydrogen-bond donors (Lipinski definition) is 1.